The van der Waals surface area contributed by atoms with Crippen LogP contribution in [0.5, 0.6) is 0 Å². The molecule has 0 aliphatic carbocycles. The van der Waals surface area contributed by atoms with E-state index in [4.69, 9.17) is 0 Å². The van der Waals surface area contributed by atoms with Gasteiger partial charge in [-0.05, 0) is 43.9 Å². The van der Waals surface area contributed by atoms with Crippen LogP contribution < -0.4 is 5.32 Å². The summed E-state index contributed by atoms with van der Waals surface area (Å²) in [7, 11) is 2.01. The summed E-state index contributed by atoms with van der Waals surface area (Å²) in [5.74, 6) is 0.743. The first kappa shape index (κ1) is 12.3. The van der Waals surface area contributed by atoms with Gasteiger partial charge in [0.1, 0.15) is 0 Å². The summed E-state index contributed by atoms with van der Waals surface area (Å²) in [5, 5.41) is 3.26. The minimum Gasteiger partial charge on any atom is -0.317 e. The average Bonchev–Trinajstić information content (AvgIpc) is 2.20. The Balaban J connectivity index is 2.56. The zero-order valence-corrected chi connectivity index (χ0v) is 10.4. The lowest BCUT2D eigenvalue weighted by Gasteiger charge is -2.11. The molecule has 0 aliphatic rings. The van der Waals surface area contributed by atoms with Crippen molar-refractivity contribution in [1.29, 1.82) is 0 Å². The molecule has 0 aliphatic heterocycles. The fourth-order valence-electron chi connectivity index (χ4n) is 1.74. The topological polar surface area (TPSA) is 12.0 Å². The Labute approximate surface area is 93.9 Å². The van der Waals surface area contributed by atoms with E-state index < -0.39 is 0 Å². The fraction of sp³-hybridized carbons (Fsp3) is 0.571. The zero-order valence-electron chi connectivity index (χ0n) is 10.4. The van der Waals surface area contributed by atoms with Crippen LogP contribution in [0, 0.1) is 5.92 Å². The van der Waals surface area contributed by atoms with Crippen molar-refractivity contribution < 1.29 is 0 Å². The minimum atomic E-state index is 0.556. The molecule has 1 N–H and O–H groups in total. The van der Waals surface area contributed by atoms with E-state index in [9.17, 15) is 0 Å². The maximum absolute atomic E-state index is 3.26. The second-order valence-corrected chi connectivity index (χ2v) is 4.81. The van der Waals surface area contributed by atoms with Gasteiger partial charge in [-0.3, -0.25) is 0 Å². The molecule has 0 radical (unpaired) electrons. The van der Waals surface area contributed by atoms with Crippen LogP contribution in [0.2, 0.25) is 0 Å². The third-order valence-electron chi connectivity index (χ3n) is 2.70. The summed E-state index contributed by atoms with van der Waals surface area (Å²) in [6.45, 7) is 6.73. The van der Waals surface area contributed by atoms with Crippen LogP contribution in [0.4, 0.5) is 0 Å². The van der Waals surface area contributed by atoms with Gasteiger partial charge in [-0.2, -0.15) is 0 Å². The molecule has 0 saturated carbocycles. The van der Waals surface area contributed by atoms with Crippen LogP contribution in [0.25, 0.3) is 0 Å². The van der Waals surface area contributed by atoms with E-state index in [1.165, 1.54) is 17.5 Å². The Bertz CT molecular complexity index is 274. The molecule has 1 nitrogen and oxygen atoms in total. The molecular formula is C14H23N. The Morgan fingerprint density at radius 3 is 1.80 bits per heavy atom. The number of nitrogens with one attached hydrogen (secondary N) is 1. The highest BCUT2D eigenvalue weighted by Gasteiger charge is 2.01. The smallest absolute Gasteiger partial charge is 0.00761 e. The van der Waals surface area contributed by atoms with Crippen molar-refractivity contribution in [1.82, 2.24) is 5.32 Å². The van der Waals surface area contributed by atoms with Gasteiger partial charge in [0.25, 0.3) is 0 Å². The third kappa shape index (κ3) is 4.48. The van der Waals surface area contributed by atoms with Crippen molar-refractivity contribution in [2.45, 2.75) is 39.7 Å². The molecule has 0 aromatic heterocycles. The molecule has 1 rings (SSSR count). The van der Waals surface area contributed by atoms with Gasteiger partial charge in [-0.15, -0.1) is 0 Å². The highest BCUT2D eigenvalue weighted by Crippen LogP contribution is 2.10. The highest BCUT2D eigenvalue weighted by molar-refractivity contribution is 5.23. The third-order valence-corrected chi connectivity index (χ3v) is 2.70. The summed E-state index contributed by atoms with van der Waals surface area (Å²) < 4.78 is 0. The van der Waals surface area contributed by atoms with Gasteiger partial charge in [-0.25, -0.2) is 0 Å². The molecule has 0 heterocycles. The SMILES string of the molecule is CNC(C)Cc1ccc(CC(C)C)cc1. The van der Waals surface area contributed by atoms with E-state index in [2.05, 4.69) is 50.4 Å². The summed E-state index contributed by atoms with van der Waals surface area (Å²) in [5.41, 5.74) is 2.87. The van der Waals surface area contributed by atoms with Crippen molar-refractivity contribution in [3.05, 3.63) is 35.4 Å². The van der Waals surface area contributed by atoms with Crippen LogP contribution >= 0.6 is 0 Å². The van der Waals surface area contributed by atoms with E-state index in [1.807, 2.05) is 7.05 Å². The maximum Gasteiger partial charge on any atom is 0.00761 e. The predicted octanol–water partition coefficient (Wildman–Crippen LogP) is 3.04. The first-order valence-corrected chi connectivity index (χ1v) is 5.87. The van der Waals surface area contributed by atoms with E-state index in [1.54, 1.807) is 0 Å². The molecule has 1 unspecified atom stereocenters. The van der Waals surface area contributed by atoms with Gasteiger partial charge in [0, 0.05) is 6.04 Å². The number of hydrogen-bond acceptors (Lipinski definition) is 1. The van der Waals surface area contributed by atoms with Crippen LogP contribution in [0.1, 0.15) is 31.9 Å². The molecular weight excluding hydrogens is 182 g/mol. The normalized spacial score (nSPS) is 13.1. The lowest BCUT2D eigenvalue weighted by atomic mass is 10.00. The Kier molecular flexibility index (Phi) is 4.83. The van der Waals surface area contributed by atoms with Crippen LogP contribution in [-0.2, 0) is 12.8 Å². The summed E-state index contributed by atoms with van der Waals surface area (Å²) in [4.78, 5) is 0. The minimum absolute atomic E-state index is 0.556. The first-order chi connectivity index (χ1) is 7.11. The second kappa shape index (κ2) is 5.92. The lowest BCUT2D eigenvalue weighted by molar-refractivity contribution is 0.608. The van der Waals surface area contributed by atoms with Crippen molar-refractivity contribution in [2.75, 3.05) is 7.05 Å². The van der Waals surface area contributed by atoms with Crippen molar-refractivity contribution in [2.24, 2.45) is 5.92 Å². The number of likely N-dealkylation sites (N-methyl/N-ethyl adjacent to an activating group) is 1. The van der Waals surface area contributed by atoms with Crippen molar-refractivity contribution >= 4 is 0 Å². The summed E-state index contributed by atoms with van der Waals surface area (Å²) >= 11 is 0. The van der Waals surface area contributed by atoms with E-state index in [-0.39, 0.29) is 0 Å². The van der Waals surface area contributed by atoms with Gasteiger partial charge >= 0.3 is 0 Å². The first-order valence-electron chi connectivity index (χ1n) is 5.87. The second-order valence-electron chi connectivity index (χ2n) is 4.81. The molecule has 0 spiro atoms. The van der Waals surface area contributed by atoms with E-state index >= 15 is 0 Å². The van der Waals surface area contributed by atoms with Crippen LogP contribution in [0.3, 0.4) is 0 Å². The Morgan fingerprint density at radius 1 is 0.933 bits per heavy atom. The molecule has 0 amide bonds. The molecule has 0 bridgehead atoms. The van der Waals surface area contributed by atoms with Crippen molar-refractivity contribution in [3.8, 4) is 0 Å². The van der Waals surface area contributed by atoms with Gasteiger partial charge in [-0.1, -0.05) is 38.1 Å². The summed E-state index contributed by atoms with van der Waals surface area (Å²) in [6.07, 6.45) is 2.29. The van der Waals surface area contributed by atoms with Gasteiger partial charge in [0.2, 0.25) is 0 Å². The van der Waals surface area contributed by atoms with Gasteiger partial charge in [0.05, 0.1) is 0 Å². The molecule has 1 aromatic carbocycles. The van der Waals surface area contributed by atoms with Gasteiger partial charge in [0.15, 0.2) is 0 Å². The molecule has 0 saturated heterocycles. The quantitative estimate of drug-likeness (QED) is 0.779. The molecule has 15 heavy (non-hydrogen) atoms. The van der Waals surface area contributed by atoms with Crippen LogP contribution in [-0.4, -0.2) is 13.1 Å². The Hall–Kier alpha value is -0.820. The van der Waals surface area contributed by atoms with E-state index in [0.29, 0.717) is 6.04 Å². The monoisotopic (exact) mass is 205 g/mol. The fourth-order valence-corrected chi connectivity index (χ4v) is 1.74. The largest absolute Gasteiger partial charge is 0.317 e. The number of hydrogen-bond donors (Lipinski definition) is 1. The predicted molar refractivity (Wildman–Crippen MR) is 67.2 cm³/mol. The van der Waals surface area contributed by atoms with Crippen LogP contribution in [0.15, 0.2) is 24.3 Å². The molecule has 1 atom stereocenters. The van der Waals surface area contributed by atoms with Crippen molar-refractivity contribution in [3.63, 3.8) is 0 Å². The standard InChI is InChI=1S/C14H23N/c1-11(2)9-13-5-7-14(8-6-13)10-12(3)15-4/h5-8,11-12,15H,9-10H2,1-4H3. The van der Waals surface area contributed by atoms with Gasteiger partial charge < -0.3 is 5.32 Å². The van der Waals surface area contributed by atoms with E-state index in [0.717, 1.165) is 12.3 Å². The molecule has 1 aromatic rings. The number of benzene rings is 1. The lowest BCUT2D eigenvalue weighted by Crippen LogP contribution is -2.23. The average molecular weight is 205 g/mol. The highest BCUT2D eigenvalue weighted by atomic mass is 14.8. The zero-order chi connectivity index (χ0) is 11.3. The summed E-state index contributed by atoms with van der Waals surface area (Å²) in [6, 6.07) is 9.59. The Morgan fingerprint density at radius 2 is 1.40 bits per heavy atom. The maximum atomic E-state index is 3.26. The molecule has 0 fully saturated rings. The number of rotatable bonds is 5. The molecule has 84 valence electrons. The molecule has 1 heteroatoms.